The molecular weight excluding hydrogens is 406 g/mol. The van der Waals surface area contributed by atoms with Crippen LogP contribution in [0.2, 0.25) is 0 Å². The second kappa shape index (κ2) is 9.21. The molecule has 0 spiro atoms. The van der Waals surface area contributed by atoms with Crippen LogP contribution in [0.4, 0.5) is 16.2 Å². The van der Waals surface area contributed by atoms with Crippen LogP contribution in [0.25, 0.3) is 11.4 Å². The first-order valence-electron chi connectivity index (χ1n) is 10.7. The molecule has 0 bridgehead atoms. The molecule has 3 amide bonds. The van der Waals surface area contributed by atoms with Crippen LogP contribution >= 0.6 is 0 Å². The van der Waals surface area contributed by atoms with E-state index in [-0.39, 0.29) is 17.9 Å². The van der Waals surface area contributed by atoms with Crippen LogP contribution in [0.5, 0.6) is 0 Å². The number of carbonyl (C=O) groups excluding carboxylic acids is 2. The molecule has 1 unspecified atom stereocenters. The average Bonchev–Trinajstić information content (AvgIpc) is 3.40. The number of rotatable bonds is 6. The summed E-state index contributed by atoms with van der Waals surface area (Å²) >= 11 is 0. The van der Waals surface area contributed by atoms with Crippen molar-refractivity contribution in [3.63, 3.8) is 0 Å². The SMILES string of the molecule is Cc1ccc(N2CC(c3nc(-c4cccc(NC(=O)NCC(C)C)c4)no3)CC2=O)cc1. The zero-order valence-corrected chi connectivity index (χ0v) is 18.5. The Morgan fingerprint density at radius 1 is 1.22 bits per heavy atom. The first kappa shape index (κ1) is 21.5. The van der Waals surface area contributed by atoms with Gasteiger partial charge >= 0.3 is 6.03 Å². The van der Waals surface area contributed by atoms with E-state index in [1.165, 1.54) is 0 Å². The summed E-state index contributed by atoms with van der Waals surface area (Å²) in [5.74, 6) is 1.11. The van der Waals surface area contributed by atoms with Gasteiger partial charge in [0.2, 0.25) is 17.6 Å². The van der Waals surface area contributed by atoms with Gasteiger partial charge in [-0.1, -0.05) is 48.8 Å². The normalized spacial score (nSPS) is 15.9. The fraction of sp³-hybridized carbons (Fsp3) is 0.333. The number of carbonyl (C=O) groups is 2. The van der Waals surface area contributed by atoms with E-state index in [1.807, 2.05) is 57.2 Å². The third-order valence-electron chi connectivity index (χ3n) is 5.31. The van der Waals surface area contributed by atoms with E-state index < -0.39 is 0 Å². The van der Waals surface area contributed by atoms with Crippen LogP contribution in [0.3, 0.4) is 0 Å². The summed E-state index contributed by atoms with van der Waals surface area (Å²) in [5.41, 5.74) is 3.38. The molecule has 3 aromatic rings. The van der Waals surface area contributed by atoms with Crippen LogP contribution in [-0.2, 0) is 4.79 Å². The molecule has 8 heteroatoms. The number of anilines is 2. The number of amides is 3. The summed E-state index contributed by atoms with van der Waals surface area (Å²) in [4.78, 5) is 30.9. The van der Waals surface area contributed by atoms with Gasteiger partial charge in [-0.25, -0.2) is 4.79 Å². The second-order valence-corrected chi connectivity index (χ2v) is 8.51. The van der Waals surface area contributed by atoms with Crippen LogP contribution in [-0.4, -0.2) is 35.2 Å². The van der Waals surface area contributed by atoms with Crippen molar-refractivity contribution in [2.75, 3.05) is 23.3 Å². The van der Waals surface area contributed by atoms with E-state index in [2.05, 4.69) is 20.8 Å². The highest BCUT2D eigenvalue weighted by Crippen LogP contribution is 2.32. The maximum Gasteiger partial charge on any atom is 0.319 e. The summed E-state index contributed by atoms with van der Waals surface area (Å²) in [6.45, 7) is 7.18. The van der Waals surface area contributed by atoms with Gasteiger partial charge in [0.1, 0.15) is 0 Å². The Bertz CT molecular complexity index is 1110. The lowest BCUT2D eigenvalue weighted by Crippen LogP contribution is -2.31. The van der Waals surface area contributed by atoms with E-state index in [0.29, 0.717) is 42.8 Å². The highest BCUT2D eigenvalue weighted by atomic mass is 16.5. The molecule has 8 nitrogen and oxygen atoms in total. The van der Waals surface area contributed by atoms with Crippen molar-refractivity contribution in [2.24, 2.45) is 5.92 Å². The molecule has 1 atom stereocenters. The van der Waals surface area contributed by atoms with Gasteiger partial charge < -0.3 is 20.1 Å². The van der Waals surface area contributed by atoms with Crippen LogP contribution in [0.15, 0.2) is 53.1 Å². The number of nitrogens with zero attached hydrogens (tertiary/aromatic N) is 3. The van der Waals surface area contributed by atoms with E-state index >= 15 is 0 Å². The van der Waals surface area contributed by atoms with Gasteiger partial charge in [0.15, 0.2) is 0 Å². The van der Waals surface area contributed by atoms with Crippen molar-refractivity contribution in [1.82, 2.24) is 15.5 Å². The lowest BCUT2D eigenvalue weighted by Gasteiger charge is -2.16. The van der Waals surface area contributed by atoms with Crippen LogP contribution < -0.4 is 15.5 Å². The number of urea groups is 1. The lowest BCUT2D eigenvalue weighted by molar-refractivity contribution is -0.117. The van der Waals surface area contributed by atoms with Crippen molar-refractivity contribution in [1.29, 1.82) is 0 Å². The molecule has 2 N–H and O–H groups in total. The maximum atomic E-state index is 12.6. The molecule has 0 aliphatic carbocycles. The molecule has 1 aromatic heterocycles. The number of aromatic nitrogens is 2. The highest BCUT2D eigenvalue weighted by Gasteiger charge is 2.35. The average molecular weight is 434 g/mol. The molecule has 2 heterocycles. The van der Waals surface area contributed by atoms with Gasteiger partial charge in [-0.05, 0) is 37.1 Å². The van der Waals surface area contributed by atoms with Crippen LogP contribution in [0, 0.1) is 12.8 Å². The van der Waals surface area contributed by atoms with Gasteiger partial charge in [-0.15, -0.1) is 0 Å². The molecule has 1 fully saturated rings. The van der Waals surface area contributed by atoms with Gasteiger partial charge in [0, 0.05) is 36.4 Å². The first-order valence-corrected chi connectivity index (χ1v) is 10.7. The second-order valence-electron chi connectivity index (χ2n) is 8.51. The molecular formula is C24H27N5O3. The Kier molecular flexibility index (Phi) is 6.20. The predicted octanol–water partition coefficient (Wildman–Crippen LogP) is 4.34. The Morgan fingerprint density at radius 3 is 2.75 bits per heavy atom. The third kappa shape index (κ3) is 4.96. The minimum absolute atomic E-state index is 0.0391. The molecule has 1 aliphatic rings. The van der Waals surface area contributed by atoms with Gasteiger partial charge in [-0.3, -0.25) is 4.79 Å². The lowest BCUT2D eigenvalue weighted by atomic mass is 10.1. The minimum Gasteiger partial charge on any atom is -0.339 e. The number of hydrogen-bond donors (Lipinski definition) is 2. The van der Waals surface area contributed by atoms with E-state index in [4.69, 9.17) is 4.52 Å². The predicted molar refractivity (Wildman–Crippen MR) is 122 cm³/mol. The van der Waals surface area contributed by atoms with Crippen LogP contribution in [0.1, 0.15) is 37.6 Å². The molecule has 4 rings (SSSR count). The Labute approximate surface area is 187 Å². The Balaban J connectivity index is 1.44. The topological polar surface area (TPSA) is 100 Å². The fourth-order valence-electron chi connectivity index (χ4n) is 3.57. The van der Waals surface area contributed by atoms with Crippen molar-refractivity contribution in [3.05, 3.63) is 60.0 Å². The molecule has 0 saturated carbocycles. The zero-order valence-electron chi connectivity index (χ0n) is 18.5. The molecule has 32 heavy (non-hydrogen) atoms. The minimum atomic E-state index is -0.259. The third-order valence-corrected chi connectivity index (χ3v) is 5.31. The summed E-state index contributed by atoms with van der Waals surface area (Å²) in [6, 6.07) is 14.9. The van der Waals surface area contributed by atoms with Crippen molar-refractivity contribution < 1.29 is 14.1 Å². The fourth-order valence-corrected chi connectivity index (χ4v) is 3.57. The molecule has 2 aromatic carbocycles. The monoisotopic (exact) mass is 433 g/mol. The summed E-state index contributed by atoms with van der Waals surface area (Å²) < 4.78 is 5.50. The zero-order chi connectivity index (χ0) is 22.7. The summed E-state index contributed by atoms with van der Waals surface area (Å²) in [5, 5.41) is 9.74. The summed E-state index contributed by atoms with van der Waals surface area (Å²) in [6.07, 6.45) is 0.327. The van der Waals surface area contributed by atoms with Gasteiger partial charge in [0.25, 0.3) is 0 Å². The van der Waals surface area contributed by atoms with E-state index in [0.717, 1.165) is 16.8 Å². The smallest absolute Gasteiger partial charge is 0.319 e. The maximum absolute atomic E-state index is 12.6. The van der Waals surface area contributed by atoms with E-state index in [9.17, 15) is 9.59 Å². The first-order chi connectivity index (χ1) is 15.4. The van der Waals surface area contributed by atoms with Crippen molar-refractivity contribution in [3.8, 4) is 11.4 Å². The quantitative estimate of drug-likeness (QED) is 0.602. The molecule has 166 valence electrons. The van der Waals surface area contributed by atoms with Crippen molar-refractivity contribution in [2.45, 2.75) is 33.1 Å². The number of hydrogen-bond acceptors (Lipinski definition) is 5. The Hall–Kier alpha value is -3.68. The van der Waals surface area contributed by atoms with Gasteiger partial charge in [0.05, 0.1) is 5.92 Å². The largest absolute Gasteiger partial charge is 0.339 e. The van der Waals surface area contributed by atoms with E-state index in [1.54, 1.807) is 17.0 Å². The van der Waals surface area contributed by atoms with Crippen molar-refractivity contribution >= 4 is 23.3 Å². The Morgan fingerprint density at radius 2 is 2.00 bits per heavy atom. The molecule has 1 aliphatic heterocycles. The molecule has 0 radical (unpaired) electrons. The standard InChI is InChI=1S/C24H27N5O3/c1-15(2)13-25-24(31)26-19-6-4-5-17(11-19)22-27-23(32-28-22)18-12-21(30)29(14-18)20-9-7-16(3)8-10-20/h4-11,15,18H,12-14H2,1-3H3,(H2,25,26,31). The number of aryl methyl sites for hydroxylation is 1. The highest BCUT2D eigenvalue weighted by molar-refractivity contribution is 5.96. The summed E-state index contributed by atoms with van der Waals surface area (Å²) in [7, 11) is 0. The van der Waals surface area contributed by atoms with Gasteiger partial charge in [-0.2, -0.15) is 4.98 Å². The number of benzene rings is 2. The number of nitrogens with one attached hydrogen (secondary N) is 2. The molecule has 1 saturated heterocycles.